The van der Waals surface area contributed by atoms with Crippen LogP contribution in [0, 0.1) is 0 Å². The maximum Gasteiger partial charge on any atom is 0.270 e. The fraction of sp³-hybridized carbons (Fsp3) is 0.129. The normalized spacial score (nSPS) is 14.3. The number of fused-ring (bicyclic) bond motifs is 4. The number of anilines is 2. The first-order valence-electron chi connectivity index (χ1n) is 12.6. The van der Waals surface area contributed by atoms with Gasteiger partial charge in [0.1, 0.15) is 11.2 Å². The lowest BCUT2D eigenvalue weighted by atomic mass is 10.0. The Morgan fingerprint density at radius 1 is 0.850 bits per heavy atom. The number of methoxy groups -OCH3 is 2. The highest BCUT2D eigenvalue weighted by Gasteiger charge is 2.40. The topological polar surface area (TPSA) is 98.1 Å². The minimum absolute atomic E-state index is 0.0284. The first kappa shape index (κ1) is 25.5. The van der Waals surface area contributed by atoms with E-state index in [0.717, 1.165) is 21.9 Å². The zero-order valence-corrected chi connectivity index (χ0v) is 22.9. The molecule has 9 heteroatoms. The number of benzene rings is 4. The van der Waals surface area contributed by atoms with Crippen LogP contribution in [0.25, 0.3) is 27.5 Å². The van der Waals surface area contributed by atoms with E-state index in [2.05, 4.69) is 5.32 Å². The zero-order chi connectivity index (χ0) is 28.0. The Morgan fingerprint density at radius 3 is 2.27 bits per heavy atom. The third kappa shape index (κ3) is 4.15. The second-order valence-corrected chi connectivity index (χ2v) is 11.2. The lowest BCUT2D eigenvalue weighted by molar-refractivity contribution is -0.112. The number of carbonyl (C=O) groups excluding carboxylic acids is 1. The molecule has 0 radical (unpaired) electrons. The molecular weight excluding hydrogens is 528 g/mol. The van der Waals surface area contributed by atoms with Gasteiger partial charge in [-0.3, -0.25) is 9.10 Å². The van der Waals surface area contributed by atoms with Gasteiger partial charge >= 0.3 is 0 Å². The molecule has 40 heavy (non-hydrogen) atoms. The van der Waals surface area contributed by atoms with Gasteiger partial charge in [0.25, 0.3) is 15.9 Å². The Labute approximate surface area is 231 Å². The molecule has 8 nitrogen and oxygen atoms in total. The van der Waals surface area contributed by atoms with Gasteiger partial charge in [0.15, 0.2) is 16.4 Å². The Morgan fingerprint density at radius 2 is 1.52 bits per heavy atom. The fourth-order valence-corrected chi connectivity index (χ4v) is 6.86. The molecule has 1 aromatic heterocycles. The molecule has 0 atom stereocenters. The first-order valence-corrected chi connectivity index (χ1v) is 14.0. The predicted octanol–water partition coefficient (Wildman–Crippen LogP) is 6.32. The number of para-hydroxylation sites is 1. The Bertz CT molecular complexity index is 1930. The van der Waals surface area contributed by atoms with E-state index in [9.17, 15) is 13.2 Å². The molecule has 1 N–H and O–H groups in total. The van der Waals surface area contributed by atoms with Crippen molar-refractivity contribution < 1.29 is 27.1 Å². The van der Waals surface area contributed by atoms with Crippen molar-refractivity contribution in [2.45, 2.75) is 13.5 Å². The molecule has 0 aliphatic carbocycles. The van der Waals surface area contributed by atoms with Crippen molar-refractivity contribution in [3.8, 4) is 11.5 Å². The standard InChI is InChI=1S/C31H26N2O6S/c1-19-24-16-28(37-2)29(38-3)17-25(24)33(18-20-9-5-4-6-10-20)40(35,36)30(19)31(34)32-21-13-14-23-22-11-7-8-12-26(22)39-27(23)15-21/h4-17H,18H2,1-3H3,(H,32,34). The van der Waals surface area contributed by atoms with Gasteiger partial charge in [-0.2, -0.15) is 0 Å². The number of allylic oxidation sites excluding steroid dienone is 1. The number of amides is 1. The van der Waals surface area contributed by atoms with Crippen LogP contribution in [0.3, 0.4) is 0 Å². The fourth-order valence-electron chi connectivity index (χ4n) is 5.13. The van der Waals surface area contributed by atoms with Crippen molar-refractivity contribution in [1.82, 2.24) is 0 Å². The van der Waals surface area contributed by atoms with Crippen molar-refractivity contribution in [1.29, 1.82) is 0 Å². The van der Waals surface area contributed by atoms with E-state index in [1.54, 1.807) is 31.2 Å². The van der Waals surface area contributed by atoms with Crippen LogP contribution < -0.4 is 19.1 Å². The molecule has 202 valence electrons. The minimum atomic E-state index is -4.27. The van der Waals surface area contributed by atoms with Gasteiger partial charge in [0, 0.05) is 34.2 Å². The third-order valence-electron chi connectivity index (χ3n) is 7.08. The SMILES string of the molecule is COc1cc2c(cc1OC)N(Cc1ccccc1)S(=O)(=O)C(C(=O)Nc1ccc3c(c1)oc1ccccc13)=C2C. The van der Waals surface area contributed by atoms with Crippen molar-refractivity contribution in [3.63, 3.8) is 0 Å². The Kier molecular flexibility index (Phi) is 6.23. The van der Waals surface area contributed by atoms with Gasteiger partial charge in [-0.1, -0.05) is 48.5 Å². The Balaban J connectivity index is 1.45. The summed E-state index contributed by atoms with van der Waals surface area (Å²) in [5, 5.41) is 4.64. The van der Waals surface area contributed by atoms with Crippen LogP contribution in [0.2, 0.25) is 0 Å². The average molecular weight is 555 g/mol. The van der Waals surface area contributed by atoms with Crippen LogP contribution in [-0.2, 0) is 21.4 Å². The molecule has 5 aromatic rings. The molecule has 4 aromatic carbocycles. The molecule has 1 aliphatic rings. The van der Waals surface area contributed by atoms with E-state index in [1.165, 1.54) is 18.5 Å². The molecule has 0 bridgehead atoms. The van der Waals surface area contributed by atoms with Crippen molar-refractivity contribution in [2.24, 2.45) is 0 Å². The number of furan rings is 1. The average Bonchev–Trinajstić information content (AvgIpc) is 3.32. The molecule has 1 amide bonds. The molecule has 0 fully saturated rings. The summed E-state index contributed by atoms with van der Waals surface area (Å²) in [5.41, 5.74) is 3.76. The second-order valence-electron chi connectivity index (χ2n) is 9.44. The van der Waals surface area contributed by atoms with Crippen LogP contribution in [0.4, 0.5) is 11.4 Å². The number of nitrogens with zero attached hydrogens (tertiary/aromatic N) is 1. The highest BCUT2D eigenvalue weighted by atomic mass is 32.2. The van der Waals surface area contributed by atoms with Crippen LogP contribution in [0.15, 0.2) is 94.3 Å². The van der Waals surface area contributed by atoms with Crippen LogP contribution in [0.1, 0.15) is 18.1 Å². The largest absolute Gasteiger partial charge is 0.493 e. The van der Waals surface area contributed by atoms with Crippen LogP contribution in [-0.4, -0.2) is 28.5 Å². The molecule has 1 aliphatic heterocycles. The number of nitrogens with one attached hydrogen (secondary N) is 1. The van der Waals surface area contributed by atoms with E-state index < -0.39 is 15.9 Å². The quantitative estimate of drug-likeness (QED) is 0.264. The van der Waals surface area contributed by atoms with Gasteiger partial charge in [-0.25, -0.2) is 8.42 Å². The van der Waals surface area contributed by atoms with E-state index in [-0.39, 0.29) is 11.4 Å². The van der Waals surface area contributed by atoms with E-state index in [0.29, 0.717) is 39.6 Å². The molecular formula is C31H26N2O6S. The van der Waals surface area contributed by atoms with E-state index >= 15 is 0 Å². The third-order valence-corrected chi connectivity index (χ3v) is 8.99. The van der Waals surface area contributed by atoms with E-state index in [1.807, 2.05) is 60.7 Å². The van der Waals surface area contributed by atoms with Crippen LogP contribution >= 0.6 is 0 Å². The number of hydrogen-bond donors (Lipinski definition) is 1. The summed E-state index contributed by atoms with van der Waals surface area (Å²) in [5.74, 6) is 0.0652. The Hall–Kier alpha value is -4.76. The first-order chi connectivity index (χ1) is 19.3. The van der Waals surface area contributed by atoms with Crippen molar-refractivity contribution in [3.05, 3.63) is 101 Å². The summed E-state index contributed by atoms with van der Waals surface area (Å²) in [6.45, 7) is 1.65. The number of sulfonamides is 1. The number of rotatable bonds is 6. The summed E-state index contributed by atoms with van der Waals surface area (Å²) in [4.78, 5) is 13.4. The number of hydrogen-bond acceptors (Lipinski definition) is 6. The van der Waals surface area contributed by atoms with Gasteiger partial charge in [0.05, 0.1) is 26.5 Å². The smallest absolute Gasteiger partial charge is 0.270 e. The number of carbonyl (C=O) groups is 1. The van der Waals surface area contributed by atoms with Crippen LogP contribution in [0.5, 0.6) is 11.5 Å². The van der Waals surface area contributed by atoms with Gasteiger partial charge < -0.3 is 19.2 Å². The maximum absolute atomic E-state index is 14.1. The molecule has 0 spiro atoms. The summed E-state index contributed by atoms with van der Waals surface area (Å²) in [6.07, 6.45) is 0. The van der Waals surface area contributed by atoms with Crippen molar-refractivity contribution in [2.75, 3.05) is 23.8 Å². The number of ether oxygens (including phenoxy) is 2. The van der Waals surface area contributed by atoms with Crippen molar-refractivity contribution >= 4 is 54.8 Å². The monoisotopic (exact) mass is 554 g/mol. The molecule has 0 saturated heterocycles. The summed E-state index contributed by atoms with van der Waals surface area (Å²) in [7, 11) is -1.27. The van der Waals surface area contributed by atoms with Gasteiger partial charge in [-0.15, -0.1) is 0 Å². The van der Waals surface area contributed by atoms with Gasteiger partial charge in [-0.05, 0) is 42.3 Å². The summed E-state index contributed by atoms with van der Waals surface area (Å²) < 4.78 is 46.4. The highest BCUT2D eigenvalue weighted by Crippen LogP contribution is 2.45. The molecule has 2 heterocycles. The zero-order valence-electron chi connectivity index (χ0n) is 22.1. The highest BCUT2D eigenvalue weighted by molar-refractivity contribution is 7.97. The van der Waals surface area contributed by atoms with E-state index in [4.69, 9.17) is 13.9 Å². The summed E-state index contributed by atoms with van der Waals surface area (Å²) in [6, 6.07) is 25.5. The lowest BCUT2D eigenvalue weighted by Gasteiger charge is -2.33. The molecule has 0 unspecified atom stereocenters. The minimum Gasteiger partial charge on any atom is -0.493 e. The predicted molar refractivity (Wildman–Crippen MR) is 156 cm³/mol. The molecule has 6 rings (SSSR count). The van der Waals surface area contributed by atoms with Gasteiger partial charge in [0.2, 0.25) is 0 Å². The lowest BCUT2D eigenvalue weighted by Crippen LogP contribution is -2.39. The summed E-state index contributed by atoms with van der Waals surface area (Å²) >= 11 is 0. The molecule has 0 saturated carbocycles. The second kappa shape index (κ2) is 9.77. The maximum atomic E-state index is 14.1.